The molecule has 2 aromatic rings. The van der Waals surface area contributed by atoms with Gasteiger partial charge in [-0.25, -0.2) is 0 Å². The van der Waals surface area contributed by atoms with Crippen molar-refractivity contribution in [3.05, 3.63) is 75.4 Å². The Morgan fingerprint density at radius 1 is 0.889 bits per heavy atom. The SMILES string of the molecule is CC(C)=CCc1c(C)cc2cc3c(c(O)c2c1O)C(O)=CC(=O)C3(CC=C(C)C)CC=C(CO)CO. The molecule has 5 N–H and O–H groups in total. The first kappa shape index (κ1) is 27.2. The van der Waals surface area contributed by atoms with Crippen molar-refractivity contribution in [2.45, 2.75) is 59.3 Å². The number of rotatable bonds is 8. The molecule has 1 aliphatic rings. The van der Waals surface area contributed by atoms with Gasteiger partial charge in [0.2, 0.25) is 0 Å². The summed E-state index contributed by atoms with van der Waals surface area (Å²) >= 11 is 0. The van der Waals surface area contributed by atoms with E-state index in [0.29, 0.717) is 34.9 Å². The largest absolute Gasteiger partial charge is 0.507 e. The molecule has 0 saturated heterocycles. The first-order valence-electron chi connectivity index (χ1n) is 12.1. The number of hydrogen-bond acceptors (Lipinski definition) is 6. The van der Waals surface area contributed by atoms with Crippen LogP contribution in [0.4, 0.5) is 0 Å². The topological polar surface area (TPSA) is 118 Å². The van der Waals surface area contributed by atoms with E-state index in [2.05, 4.69) is 0 Å². The molecule has 0 aliphatic heterocycles. The second-order valence-corrected chi connectivity index (χ2v) is 10.1. The number of aryl methyl sites for hydroxylation is 1. The van der Waals surface area contributed by atoms with Gasteiger partial charge >= 0.3 is 0 Å². The van der Waals surface area contributed by atoms with Gasteiger partial charge in [-0.15, -0.1) is 0 Å². The van der Waals surface area contributed by atoms with E-state index in [4.69, 9.17) is 0 Å². The van der Waals surface area contributed by atoms with Crippen molar-refractivity contribution in [2.24, 2.45) is 0 Å². The second kappa shape index (κ2) is 10.7. The van der Waals surface area contributed by atoms with Gasteiger partial charge in [0, 0.05) is 11.6 Å². The maximum Gasteiger partial charge on any atom is 0.170 e. The van der Waals surface area contributed by atoms with Crippen molar-refractivity contribution in [1.29, 1.82) is 0 Å². The molecule has 2 aromatic carbocycles. The van der Waals surface area contributed by atoms with E-state index in [1.54, 1.807) is 12.1 Å². The minimum atomic E-state index is -1.18. The Morgan fingerprint density at radius 2 is 1.50 bits per heavy atom. The van der Waals surface area contributed by atoms with Crippen LogP contribution >= 0.6 is 0 Å². The lowest BCUT2D eigenvalue weighted by molar-refractivity contribution is -0.120. The van der Waals surface area contributed by atoms with Crippen LogP contribution in [0.15, 0.2) is 53.2 Å². The van der Waals surface area contributed by atoms with Gasteiger partial charge in [-0.2, -0.15) is 0 Å². The first-order valence-corrected chi connectivity index (χ1v) is 12.1. The standard InChI is InChI=1S/C30H36O6/c1-17(2)6-7-22-19(5)12-21-13-23-27(29(36)26(21)28(22)35)24(33)14-25(34)30(23,10-8-18(3)4)11-9-20(15-31)16-32/h6,8-9,12-14,31-33,35-36H,7,10-11,15-16H2,1-5H3. The molecule has 1 atom stereocenters. The van der Waals surface area contributed by atoms with Crippen LogP contribution in [0, 0.1) is 6.92 Å². The predicted octanol–water partition coefficient (Wildman–Crippen LogP) is 5.44. The van der Waals surface area contributed by atoms with Gasteiger partial charge in [-0.05, 0) is 82.0 Å². The summed E-state index contributed by atoms with van der Waals surface area (Å²) in [5.41, 5.74) is 3.38. The average molecular weight is 493 g/mol. The highest BCUT2D eigenvalue weighted by molar-refractivity contribution is 6.11. The number of hydrogen-bond donors (Lipinski definition) is 5. The van der Waals surface area contributed by atoms with Gasteiger partial charge in [-0.3, -0.25) is 4.79 Å². The molecule has 0 aromatic heterocycles. The number of aliphatic hydroxyl groups excluding tert-OH is 3. The third-order valence-corrected chi connectivity index (χ3v) is 6.93. The molecule has 6 heteroatoms. The molecule has 0 spiro atoms. The van der Waals surface area contributed by atoms with E-state index in [1.807, 2.05) is 52.8 Å². The summed E-state index contributed by atoms with van der Waals surface area (Å²) in [4.78, 5) is 13.5. The number of phenolic OH excluding ortho intramolecular Hbond substituents is 2. The summed E-state index contributed by atoms with van der Waals surface area (Å²) in [6.45, 7) is 8.99. The van der Waals surface area contributed by atoms with Crippen molar-refractivity contribution in [1.82, 2.24) is 0 Å². The molecule has 0 heterocycles. The van der Waals surface area contributed by atoms with Crippen LogP contribution in [-0.4, -0.2) is 44.5 Å². The lowest BCUT2D eigenvalue weighted by Crippen LogP contribution is -2.38. The molecule has 36 heavy (non-hydrogen) atoms. The monoisotopic (exact) mass is 492 g/mol. The normalized spacial score (nSPS) is 16.9. The number of allylic oxidation sites excluding steroid dienone is 6. The maximum absolute atomic E-state index is 13.5. The van der Waals surface area contributed by atoms with E-state index in [9.17, 15) is 30.3 Å². The molecule has 3 rings (SSSR count). The van der Waals surface area contributed by atoms with Crippen molar-refractivity contribution in [3.8, 4) is 11.5 Å². The van der Waals surface area contributed by atoms with E-state index in [0.717, 1.165) is 22.8 Å². The number of carbonyl (C=O) groups is 1. The summed E-state index contributed by atoms with van der Waals surface area (Å²) in [5.74, 6) is -1.03. The van der Waals surface area contributed by atoms with Crippen molar-refractivity contribution in [3.63, 3.8) is 0 Å². The van der Waals surface area contributed by atoms with Gasteiger partial charge in [0.25, 0.3) is 0 Å². The van der Waals surface area contributed by atoms with Crippen molar-refractivity contribution in [2.75, 3.05) is 13.2 Å². The zero-order valence-electron chi connectivity index (χ0n) is 21.6. The summed E-state index contributed by atoms with van der Waals surface area (Å²) in [5, 5.41) is 53.3. The third-order valence-electron chi connectivity index (χ3n) is 6.93. The molecular formula is C30H36O6. The van der Waals surface area contributed by atoms with E-state index in [1.165, 1.54) is 0 Å². The quantitative estimate of drug-likeness (QED) is 0.313. The Bertz CT molecular complexity index is 1310. The summed E-state index contributed by atoms with van der Waals surface area (Å²) < 4.78 is 0. The van der Waals surface area contributed by atoms with Crippen LogP contribution in [-0.2, 0) is 16.6 Å². The molecule has 0 amide bonds. The van der Waals surface area contributed by atoms with Crippen LogP contribution in [0.25, 0.3) is 16.5 Å². The number of fused-ring (bicyclic) bond motifs is 2. The fourth-order valence-electron chi connectivity index (χ4n) is 4.76. The maximum atomic E-state index is 13.5. The van der Waals surface area contributed by atoms with Crippen molar-refractivity contribution < 1.29 is 30.3 Å². The Kier molecular flexibility index (Phi) is 8.12. The number of ketones is 1. The lowest BCUT2D eigenvalue weighted by Gasteiger charge is -2.36. The molecular weight excluding hydrogens is 456 g/mol. The highest BCUT2D eigenvalue weighted by Crippen LogP contribution is 2.50. The number of aliphatic hydroxyl groups is 3. The number of carbonyl (C=O) groups excluding carboxylic acids is 1. The summed E-state index contributed by atoms with van der Waals surface area (Å²) in [6.07, 6.45) is 7.62. The van der Waals surface area contributed by atoms with E-state index >= 15 is 0 Å². The minimum Gasteiger partial charge on any atom is -0.507 e. The molecule has 6 nitrogen and oxygen atoms in total. The Morgan fingerprint density at radius 3 is 2.08 bits per heavy atom. The zero-order valence-corrected chi connectivity index (χ0v) is 21.6. The fourth-order valence-corrected chi connectivity index (χ4v) is 4.76. The third kappa shape index (κ3) is 4.97. The lowest BCUT2D eigenvalue weighted by atomic mass is 9.66. The Balaban J connectivity index is 2.39. The van der Waals surface area contributed by atoms with Gasteiger partial charge < -0.3 is 25.5 Å². The van der Waals surface area contributed by atoms with Crippen LogP contribution in [0.1, 0.15) is 62.8 Å². The average Bonchev–Trinajstić information content (AvgIpc) is 2.79. The van der Waals surface area contributed by atoms with E-state index in [-0.39, 0.29) is 53.6 Å². The number of aromatic hydroxyl groups is 2. The van der Waals surface area contributed by atoms with Crippen LogP contribution in [0.2, 0.25) is 0 Å². The second-order valence-electron chi connectivity index (χ2n) is 10.1. The Labute approximate surface area is 212 Å². The molecule has 1 unspecified atom stereocenters. The minimum absolute atomic E-state index is 0.0508. The fraction of sp³-hybridized carbons (Fsp3) is 0.367. The molecule has 1 aliphatic carbocycles. The molecule has 192 valence electrons. The van der Waals surface area contributed by atoms with Gasteiger partial charge in [0.05, 0.1) is 29.6 Å². The van der Waals surface area contributed by atoms with Gasteiger partial charge in [0.1, 0.15) is 17.3 Å². The molecule has 0 saturated carbocycles. The predicted molar refractivity (Wildman–Crippen MR) is 143 cm³/mol. The number of benzene rings is 2. The summed E-state index contributed by atoms with van der Waals surface area (Å²) in [7, 11) is 0. The van der Waals surface area contributed by atoms with Crippen LogP contribution < -0.4 is 0 Å². The van der Waals surface area contributed by atoms with Crippen LogP contribution in [0.3, 0.4) is 0 Å². The number of phenols is 2. The Hall–Kier alpha value is -3.35. The van der Waals surface area contributed by atoms with Crippen molar-refractivity contribution >= 4 is 22.3 Å². The zero-order chi connectivity index (χ0) is 26.8. The van der Waals surface area contributed by atoms with Crippen LogP contribution in [0.5, 0.6) is 11.5 Å². The van der Waals surface area contributed by atoms with E-state index < -0.39 is 5.41 Å². The first-order chi connectivity index (χ1) is 17.0. The van der Waals surface area contributed by atoms with Gasteiger partial charge in [0.15, 0.2) is 5.78 Å². The molecule has 0 bridgehead atoms. The van der Waals surface area contributed by atoms with Gasteiger partial charge in [-0.1, -0.05) is 35.4 Å². The summed E-state index contributed by atoms with van der Waals surface area (Å²) in [6, 6.07) is 3.63. The molecule has 0 radical (unpaired) electrons. The highest BCUT2D eigenvalue weighted by Gasteiger charge is 2.44. The highest BCUT2D eigenvalue weighted by atomic mass is 16.3. The smallest absolute Gasteiger partial charge is 0.170 e. The molecule has 0 fully saturated rings.